The fraction of sp³-hybridized carbons (Fsp3) is 0.300. The number of amides is 1. The summed E-state index contributed by atoms with van der Waals surface area (Å²) >= 11 is 2.47. The number of rotatable bonds is 2. The first-order chi connectivity index (χ1) is 6.13. The molecule has 0 aliphatic carbocycles. The van der Waals surface area contributed by atoms with Crippen LogP contribution in [-0.4, -0.2) is 26.9 Å². The van der Waals surface area contributed by atoms with Gasteiger partial charge in [-0.25, -0.2) is 0 Å². The summed E-state index contributed by atoms with van der Waals surface area (Å²) in [6.45, 7) is 3.56. The predicted octanol–water partition coefficient (Wildman–Crippen LogP) is 1.29. The van der Waals surface area contributed by atoms with Gasteiger partial charge in [0.1, 0.15) is 0 Å². The van der Waals surface area contributed by atoms with Gasteiger partial charge in [0, 0.05) is 0 Å². The molecule has 0 heterocycles. The second kappa shape index (κ2) is 4.45. The Morgan fingerprint density at radius 3 is 2.31 bits per heavy atom. The Hall–Kier alpha value is -0.791. The van der Waals surface area contributed by atoms with Gasteiger partial charge in [0.05, 0.1) is 0 Å². The van der Waals surface area contributed by atoms with Gasteiger partial charge in [0.25, 0.3) is 0 Å². The average molecular weight is 242 g/mol. The van der Waals surface area contributed by atoms with Crippen LogP contribution < -0.4 is 4.90 Å². The van der Waals surface area contributed by atoms with Gasteiger partial charge in [0.15, 0.2) is 0 Å². The van der Waals surface area contributed by atoms with Crippen molar-refractivity contribution in [3.05, 3.63) is 30.3 Å². The third-order valence-electron chi connectivity index (χ3n) is 1.75. The Kier molecular flexibility index (Phi) is 3.52. The van der Waals surface area contributed by atoms with E-state index in [1.54, 1.807) is 11.8 Å². The van der Waals surface area contributed by atoms with E-state index in [2.05, 4.69) is 16.0 Å². The van der Waals surface area contributed by atoms with Crippen molar-refractivity contribution in [3.8, 4) is 0 Å². The van der Waals surface area contributed by atoms with Crippen molar-refractivity contribution in [2.75, 3.05) is 4.90 Å². The molecule has 13 heavy (non-hydrogen) atoms. The van der Waals surface area contributed by atoms with E-state index in [-0.39, 0.29) is 10.8 Å². The molecule has 0 fully saturated rings. The molecule has 1 aromatic carbocycles. The zero-order valence-electron chi connectivity index (χ0n) is 7.77. The minimum absolute atomic E-state index is 0.0688. The van der Waals surface area contributed by atoms with Crippen LogP contribution in [0.1, 0.15) is 13.8 Å². The average Bonchev–Trinajstić information content (AvgIpc) is 2.04. The molecule has 1 rings (SSSR count). The molecule has 0 aliphatic rings. The number of carbonyl (C=O) groups excluding carboxylic acids is 1. The van der Waals surface area contributed by atoms with Gasteiger partial charge in [0.2, 0.25) is 0 Å². The van der Waals surface area contributed by atoms with E-state index < -0.39 is 0 Å². The van der Waals surface area contributed by atoms with Crippen LogP contribution in [0.3, 0.4) is 0 Å². The van der Waals surface area contributed by atoms with Crippen LogP contribution in [0.25, 0.3) is 0 Å². The number of hydrogen-bond donors (Lipinski definition) is 0. The van der Waals surface area contributed by atoms with Crippen LogP contribution in [0.2, 0.25) is 0 Å². The summed E-state index contributed by atoms with van der Waals surface area (Å²) in [5.41, 5.74) is 0.947. The van der Waals surface area contributed by atoms with Gasteiger partial charge in [-0.1, -0.05) is 0 Å². The fourth-order valence-electron chi connectivity index (χ4n) is 1.25. The van der Waals surface area contributed by atoms with E-state index in [0.29, 0.717) is 0 Å². The summed E-state index contributed by atoms with van der Waals surface area (Å²) in [5.74, 6) is 0.0688. The Bertz CT molecular complexity index is 284. The van der Waals surface area contributed by atoms with Crippen LogP contribution in [0, 0.1) is 0 Å². The van der Waals surface area contributed by atoms with Gasteiger partial charge >= 0.3 is 86.4 Å². The number of carbonyl (C=O) groups is 1. The Morgan fingerprint density at radius 1 is 1.38 bits per heavy atom. The normalized spacial score (nSPS) is 12.2. The van der Waals surface area contributed by atoms with Crippen molar-refractivity contribution in [2.45, 2.75) is 18.8 Å². The van der Waals surface area contributed by atoms with Crippen LogP contribution in [0.4, 0.5) is 5.69 Å². The number of nitrogens with zero attached hydrogens (tertiary/aromatic N) is 1. The molecule has 1 aromatic rings. The molecular weight excluding hydrogens is 229 g/mol. The van der Waals surface area contributed by atoms with Crippen LogP contribution in [0.5, 0.6) is 0 Å². The molecule has 0 saturated heterocycles. The molecule has 3 heteroatoms. The zero-order valence-corrected chi connectivity index (χ0v) is 9.64. The van der Waals surface area contributed by atoms with Crippen molar-refractivity contribution < 1.29 is 4.79 Å². The summed E-state index contributed by atoms with van der Waals surface area (Å²) in [6, 6.07) is 9.68. The van der Waals surface area contributed by atoms with Crippen LogP contribution in [-0.2, 0) is 4.79 Å². The topological polar surface area (TPSA) is 20.3 Å². The monoisotopic (exact) mass is 243 g/mol. The second-order valence-corrected chi connectivity index (χ2v) is 4.42. The van der Waals surface area contributed by atoms with E-state index >= 15 is 0 Å². The standard InChI is InChI=1S/C10H13NOSe/c1-8(12)11(9(2)13)10-6-4-3-5-7-10/h3-7,9,13H,1-2H3. The van der Waals surface area contributed by atoms with Crippen molar-refractivity contribution >= 4 is 27.6 Å². The zero-order chi connectivity index (χ0) is 9.84. The van der Waals surface area contributed by atoms with Gasteiger partial charge < -0.3 is 0 Å². The molecular formula is C10H13NOSe. The van der Waals surface area contributed by atoms with Gasteiger partial charge in [-0.2, -0.15) is 0 Å². The van der Waals surface area contributed by atoms with Crippen LogP contribution in [0.15, 0.2) is 30.3 Å². The first-order valence-corrected chi connectivity index (χ1v) is 5.24. The van der Waals surface area contributed by atoms with Crippen molar-refractivity contribution in [1.29, 1.82) is 0 Å². The fourth-order valence-corrected chi connectivity index (χ4v) is 1.87. The minimum atomic E-state index is 0.0688. The molecule has 1 unspecified atom stereocenters. The van der Waals surface area contributed by atoms with Gasteiger partial charge in [-0.15, -0.1) is 0 Å². The Morgan fingerprint density at radius 2 is 1.92 bits per heavy atom. The maximum absolute atomic E-state index is 11.3. The third-order valence-corrected chi connectivity index (χ3v) is 2.23. The third kappa shape index (κ3) is 2.58. The van der Waals surface area contributed by atoms with E-state index in [0.717, 1.165) is 5.69 Å². The van der Waals surface area contributed by atoms with Gasteiger partial charge in [-0.3, -0.25) is 0 Å². The second-order valence-electron chi connectivity index (χ2n) is 2.86. The number of hydrogen-bond acceptors (Lipinski definition) is 1. The van der Waals surface area contributed by atoms with E-state index in [9.17, 15) is 4.79 Å². The Balaban J connectivity index is 2.96. The van der Waals surface area contributed by atoms with Gasteiger partial charge in [-0.05, 0) is 0 Å². The molecule has 0 radical (unpaired) electrons. The predicted molar refractivity (Wildman–Crippen MR) is 56.2 cm³/mol. The first-order valence-electron chi connectivity index (χ1n) is 4.16. The summed E-state index contributed by atoms with van der Waals surface area (Å²) < 4.78 is 0. The maximum atomic E-state index is 11.3. The van der Waals surface area contributed by atoms with Crippen molar-refractivity contribution in [2.24, 2.45) is 0 Å². The van der Waals surface area contributed by atoms with E-state index in [1.165, 1.54) is 0 Å². The summed E-state index contributed by atoms with van der Waals surface area (Å²) in [7, 11) is 0. The number of anilines is 1. The molecule has 0 aliphatic heterocycles. The SMILES string of the molecule is CC(=O)N(c1ccccc1)C(C)[SeH]. The quantitative estimate of drug-likeness (QED) is 0.715. The number of benzene rings is 1. The first kappa shape index (κ1) is 10.3. The molecule has 1 amide bonds. The van der Waals surface area contributed by atoms with E-state index in [4.69, 9.17) is 0 Å². The summed E-state index contributed by atoms with van der Waals surface area (Å²) in [5, 5.41) is 0. The summed E-state index contributed by atoms with van der Waals surface area (Å²) in [4.78, 5) is 13.2. The molecule has 2 nitrogen and oxygen atoms in total. The molecule has 0 N–H and O–H groups in total. The molecule has 0 saturated carbocycles. The molecule has 0 spiro atoms. The van der Waals surface area contributed by atoms with Crippen molar-refractivity contribution in [3.63, 3.8) is 0 Å². The molecule has 0 aromatic heterocycles. The molecule has 0 bridgehead atoms. The van der Waals surface area contributed by atoms with Crippen molar-refractivity contribution in [1.82, 2.24) is 0 Å². The van der Waals surface area contributed by atoms with Crippen LogP contribution >= 0.6 is 0 Å². The molecule has 70 valence electrons. The number of para-hydroxylation sites is 1. The van der Waals surface area contributed by atoms with E-state index in [1.807, 2.05) is 37.3 Å². The Labute approximate surface area is 86.7 Å². The summed E-state index contributed by atoms with van der Waals surface area (Å²) in [6.07, 6.45) is 0. The molecule has 1 atom stereocenters.